The molecule has 0 radical (unpaired) electrons. The molecule has 0 aromatic heterocycles. The van der Waals surface area contributed by atoms with Gasteiger partial charge in [0, 0.05) is 29.9 Å². The fourth-order valence-corrected chi connectivity index (χ4v) is 4.87. The van der Waals surface area contributed by atoms with Gasteiger partial charge in [0.15, 0.2) is 0 Å². The van der Waals surface area contributed by atoms with Crippen LogP contribution in [-0.4, -0.2) is 28.9 Å². The van der Waals surface area contributed by atoms with Gasteiger partial charge in [0.2, 0.25) is 0 Å². The van der Waals surface area contributed by atoms with Crippen molar-refractivity contribution in [3.63, 3.8) is 0 Å². The van der Waals surface area contributed by atoms with Crippen LogP contribution in [0.25, 0.3) is 0 Å². The van der Waals surface area contributed by atoms with E-state index in [1.807, 2.05) is 0 Å². The maximum atomic E-state index is 6.34. The highest BCUT2D eigenvalue weighted by Gasteiger charge is 2.30. The van der Waals surface area contributed by atoms with E-state index in [0.717, 1.165) is 19.4 Å². The van der Waals surface area contributed by atoms with Crippen molar-refractivity contribution in [2.45, 2.75) is 82.7 Å². The summed E-state index contributed by atoms with van der Waals surface area (Å²) in [6.45, 7) is 8.15. The van der Waals surface area contributed by atoms with Gasteiger partial charge in [0.1, 0.15) is 0 Å². The largest absolute Gasteiger partial charge is 0.298 e. The summed E-state index contributed by atoms with van der Waals surface area (Å²) in [5.41, 5.74) is 4.32. The summed E-state index contributed by atoms with van der Waals surface area (Å²) >= 11 is 6.34. The van der Waals surface area contributed by atoms with Crippen molar-refractivity contribution < 1.29 is 0 Å². The van der Waals surface area contributed by atoms with Gasteiger partial charge in [0.25, 0.3) is 0 Å². The van der Waals surface area contributed by atoms with E-state index in [0.29, 0.717) is 23.4 Å². The molecule has 152 valence electrons. The van der Waals surface area contributed by atoms with Crippen molar-refractivity contribution >= 4 is 11.6 Å². The van der Waals surface area contributed by atoms with Crippen LogP contribution in [0, 0.1) is 0 Å². The van der Waals surface area contributed by atoms with E-state index >= 15 is 0 Å². The molecule has 0 saturated heterocycles. The molecule has 0 N–H and O–H groups in total. The Morgan fingerprint density at radius 3 is 2.14 bits per heavy atom. The Bertz CT molecular complexity index is 694. The molecule has 1 saturated carbocycles. The van der Waals surface area contributed by atoms with Crippen LogP contribution >= 0.6 is 11.6 Å². The third kappa shape index (κ3) is 5.61. The monoisotopic (exact) mass is 397 g/mol. The van der Waals surface area contributed by atoms with Crippen LogP contribution in [-0.2, 0) is 12.8 Å². The molecule has 1 nitrogen and oxygen atoms in total. The number of halogens is 1. The molecule has 1 aliphatic carbocycles. The number of nitrogens with zero attached hydrogens (tertiary/aromatic N) is 1. The van der Waals surface area contributed by atoms with E-state index < -0.39 is 0 Å². The summed E-state index contributed by atoms with van der Waals surface area (Å²) in [7, 11) is 0. The Morgan fingerprint density at radius 2 is 1.61 bits per heavy atom. The van der Waals surface area contributed by atoms with E-state index in [9.17, 15) is 0 Å². The van der Waals surface area contributed by atoms with Gasteiger partial charge >= 0.3 is 0 Å². The molecule has 0 amide bonds. The van der Waals surface area contributed by atoms with Crippen molar-refractivity contribution in [1.82, 2.24) is 4.90 Å². The normalized spacial score (nSPS) is 20.4. The summed E-state index contributed by atoms with van der Waals surface area (Å²) in [5.74, 6) is 0.577. The molecule has 28 heavy (non-hydrogen) atoms. The first-order chi connectivity index (χ1) is 13.6. The number of hydrogen-bond donors (Lipinski definition) is 0. The minimum absolute atomic E-state index is 0.347. The first-order valence-electron chi connectivity index (χ1n) is 11.1. The molecule has 1 aliphatic rings. The molecule has 0 bridgehead atoms. The van der Waals surface area contributed by atoms with Crippen LogP contribution in [0.15, 0.2) is 54.6 Å². The van der Waals surface area contributed by atoms with Crippen LogP contribution in [0.2, 0.25) is 0 Å². The Morgan fingerprint density at radius 1 is 0.929 bits per heavy atom. The highest BCUT2D eigenvalue weighted by atomic mass is 35.5. The third-order valence-electron chi connectivity index (χ3n) is 6.47. The molecular formula is C26H36ClN. The second kappa shape index (κ2) is 10.5. The lowest BCUT2D eigenvalue weighted by Crippen LogP contribution is -2.41. The van der Waals surface area contributed by atoms with Gasteiger partial charge < -0.3 is 0 Å². The number of alkyl halides is 1. The highest BCUT2D eigenvalue weighted by Crippen LogP contribution is 2.40. The lowest BCUT2D eigenvalue weighted by molar-refractivity contribution is 0.143. The zero-order chi connectivity index (χ0) is 19.9. The maximum absolute atomic E-state index is 6.34. The molecular weight excluding hydrogens is 362 g/mol. The fourth-order valence-electron chi connectivity index (χ4n) is 4.47. The first kappa shape index (κ1) is 21.4. The van der Waals surface area contributed by atoms with Gasteiger partial charge in [-0.3, -0.25) is 4.90 Å². The average molecular weight is 398 g/mol. The lowest BCUT2D eigenvalue weighted by Gasteiger charge is -2.35. The fraction of sp³-hybridized carbons (Fsp3) is 0.538. The van der Waals surface area contributed by atoms with Crippen molar-refractivity contribution in [2.24, 2.45) is 0 Å². The van der Waals surface area contributed by atoms with Gasteiger partial charge in [-0.1, -0.05) is 61.5 Å². The van der Waals surface area contributed by atoms with Crippen LogP contribution in [0.1, 0.15) is 69.1 Å². The predicted octanol–water partition coefficient (Wildman–Crippen LogP) is 6.84. The van der Waals surface area contributed by atoms with E-state index in [1.54, 1.807) is 0 Å². The van der Waals surface area contributed by atoms with Gasteiger partial charge in [-0.05, 0) is 69.1 Å². The van der Waals surface area contributed by atoms with Gasteiger partial charge in [-0.15, -0.1) is 11.6 Å². The minimum atomic E-state index is 0.347. The van der Waals surface area contributed by atoms with Crippen LogP contribution in [0.4, 0.5) is 0 Å². The quantitative estimate of drug-likeness (QED) is 0.397. The standard InChI is InChI=1S/C26H36ClN/c1-4-24(28(20(2)3)19-18-21-8-6-5-7-9-21)15-12-22-10-13-23(14-11-22)25-16-17-26(25)27/h5-11,13-14,20,24-26H,4,12,15-19H2,1-3H3. The van der Waals surface area contributed by atoms with Crippen molar-refractivity contribution in [2.75, 3.05) is 6.54 Å². The molecule has 0 spiro atoms. The smallest absolute Gasteiger partial charge is 0.0404 e. The van der Waals surface area contributed by atoms with Crippen LogP contribution < -0.4 is 0 Å². The molecule has 0 heterocycles. The van der Waals surface area contributed by atoms with Crippen LogP contribution in [0.3, 0.4) is 0 Å². The SMILES string of the molecule is CCC(CCc1ccc(C2CCC2Cl)cc1)N(CCc1ccccc1)C(C)C. The summed E-state index contributed by atoms with van der Waals surface area (Å²) in [5, 5.41) is 0.347. The van der Waals surface area contributed by atoms with Gasteiger partial charge in [-0.25, -0.2) is 0 Å². The molecule has 3 unspecified atom stereocenters. The maximum Gasteiger partial charge on any atom is 0.0404 e. The molecule has 2 aromatic carbocycles. The van der Waals surface area contributed by atoms with Gasteiger partial charge in [-0.2, -0.15) is 0 Å². The Balaban J connectivity index is 1.55. The molecule has 2 aromatic rings. The van der Waals surface area contributed by atoms with E-state index in [4.69, 9.17) is 11.6 Å². The van der Waals surface area contributed by atoms with E-state index in [-0.39, 0.29) is 0 Å². The van der Waals surface area contributed by atoms with Crippen LogP contribution in [0.5, 0.6) is 0 Å². The molecule has 3 rings (SSSR count). The first-order valence-corrected chi connectivity index (χ1v) is 11.5. The number of benzene rings is 2. The van der Waals surface area contributed by atoms with E-state index in [1.165, 1.54) is 42.4 Å². The third-order valence-corrected chi connectivity index (χ3v) is 6.99. The van der Waals surface area contributed by atoms with Gasteiger partial charge in [0.05, 0.1) is 0 Å². The molecule has 0 aliphatic heterocycles. The zero-order valence-electron chi connectivity index (χ0n) is 17.8. The highest BCUT2D eigenvalue weighted by molar-refractivity contribution is 6.21. The second-order valence-electron chi connectivity index (χ2n) is 8.61. The number of aryl methyl sites for hydroxylation is 1. The molecule has 1 fully saturated rings. The number of rotatable bonds is 10. The topological polar surface area (TPSA) is 3.24 Å². The Kier molecular flexibility index (Phi) is 8.00. The summed E-state index contributed by atoms with van der Waals surface area (Å²) < 4.78 is 0. The van der Waals surface area contributed by atoms with Crippen molar-refractivity contribution in [3.05, 3.63) is 71.3 Å². The predicted molar refractivity (Wildman–Crippen MR) is 122 cm³/mol. The Hall–Kier alpha value is -1.31. The van der Waals surface area contributed by atoms with Crippen molar-refractivity contribution in [1.29, 1.82) is 0 Å². The average Bonchev–Trinajstić information content (AvgIpc) is 2.70. The second-order valence-corrected chi connectivity index (χ2v) is 9.17. The summed E-state index contributed by atoms with van der Waals surface area (Å²) in [6, 6.07) is 21.4. The zero-order valence-corrected chi connectivity index (χ0v) is 18.5. The summed E-state index contributed by atoms with van der Waals surface area (Å²) in [4.78, 5) is 2.70. The summed E-state index contributed by atoms with van der Waals surface area (Å²) in [6.07, 6.45) is 7.13. The molecule has 3 atom stereocenters. The molecule has 2 heteroatoms. The van der Waals surface area contributed by atoms with Crippen molar-refractivity contribution in [3.8, 4) is 0 Å². The lowest BCUT2D eigenvalue weighted by atomic mass is 9.79. The van der Waals surface area contributed by atoms with E-state index in [2.05, 4.69) is 80.3 Å². The number of hydrogen-bond acceptors (Lipinski definition) is 1. The Labute approximate surface area is 177 Å². The minimum Gasteiger partial charge on any atom is -0.298 e.